The molecule has 2 aromatic carbocycles. The summed E-state index contributed by atoms with van der Waals surface area (Å²) >= 11 is 13.3. The van der Waals surface area contributed by atoms with E-state index >= 15 is 0 Å². The lowest BCUT2D eigenvalue weighted by atomic mass is 9.98. The van der Waals surface area contributed by atoms with E-state index in [0.717, 1.165) is 10.2 Å². The fraction of sp³-hybridized carbons (Fsp3) is 0.300. The van der Waals surface area contributed by atoms with Crippen LogP contribution in [0.2, 0.25) is 10.0 Å². The monoisotopic (exact) mass is 483 g/mol. The number of hydrogen-bond donors (Lipinski definition) is 0. The van der Waals surface area contributed by atoms with E-state index in [0.29, 0.717) is 27.7 Å². The minimum absolute atomic E-state index is 0.206. The summed E-state index contributed by atoms with van der Waals surface area (Å²) in [5.41, 5.74) is 0.958. The Bertz CT molecular complexity index is 1270. The van der Waals surface area contributed by atoms with Crippen LogP contribution in [0, 0.1) is 5.92 Å². The number of halogens is 2. The summed E-state index contributed by atoms with van der Waals surface area (Å²) < 4.78 is 29.8. The molecule has 0 aliphatic carbocycles. The Balaban J connectivity index is 1.49. The Morgan fingerprint density at radius 1 is 1.07 bits per heavy atom. The largest absolute Gasteiger partial charge is 0.319 e. The third kappa shape index (κ3) is 4.20. The van der Waals surface area contributed by atoms with E-state index in [4.69, 9.17) is 23.2 Å². The van der Waals surface area contributed by atoms with E-state index in [-0.39, 0.29) is 29.8 Å². The summed E-state index contributed by atoms with van der Waals surface area (Å²) in [4.78, 5) is 17.9. The Morgan fingerprint density at radius 2 is 1.70 bits per heavy atom. The molecule has 0 spiro atoms. The van der Waals surface area contributed by atoms with E-state index in [2.05, 4.69) is 4.99 Å². The van der Waals surface area contributed by atoms with Crippen LogP contribution in [0.5, 0.6) is 0 Å². The van der Waals surface area contributed by atoms with E-state index in [1.165, 1.54) is 27.8 Å². The highest BCUT2D eigenvalue weighted by atomic mass is 35.5. The molecule has 6 nitrogen and oxygen atoms in total. The third-order valence-electron chi connectivity index (χ3n) is 5.23. The lowest BCUT2D eigenvalue weighted by molar-refractivity contribution is -0.122. The maximum absolute atomic E-state index is 12.8. The fourth-order valence-corrected chi connectivity index (χ4v) is 6.39. The van der Waals surface area contributed by atoms with Crippen LogP contribution in [0.4, 0.5) is 0 Å². The molecular formula is C20H19Cl2N3O3S2. The first kappa shape index (κ1) is 21.5. The number of rotatable bonds is 3. The average Bonchev–Trinajstić information content (AvgIpc) is 3.03. The van der Waals surface area contributed by atoms with Gasteiger partial charge in [0.15, 0.2) is 4.80 Å². The second kappa shape index (κ2) is 8.43. The number of aromatic nitrogens is 1. The van der Waals surface area contributed by atoms with Gasteiger partial charge in [-0.1, -0.05) is 34.5 Å². The number of carbonyl (C=O) groups is 1. The van der Waals surface area contributed by atoms with Crippen molar-refractivity contribution in [2.75, 3.05) is 13.1 Å². The number of fused-ring (bicyclic) bond motifs is 1. The molecule has 1 aromatic heterocycles. The van der Waals surface area contributed by atoms with Gasteiger partial charge < -0.3 is 4.57 Å². The Labute approximate surface area is 188 Å². The van der Waals surface area contributed by atoms with Crippen LogP contribution in [-0.4, -0.2) is 36.3 Å². The lowest BCUT2D eigenvalue weighted by Crippen LogP contribution is -2.40. The van der Waals surface area contributed by atoms with Gasteiger partial charge in [-0.15, -0.1) is 0 Å². The zero-order chi connectivity index (χ0) is 21.5. The van der Waals surface area contributed by atoms with Crippen molar-refractivity contribution in [1.29, 1.82) is 0 Å². The van der Waals surface area contributed by atoms with Gasteiger partial charge in [-0.05, 0) is 55.3 Å². The first-order valence-electron chi connectivity index (χ1n) is 9.35. The number of benzene rings is 2. The molecular weight excluding hydrogens is 465 g/mol. The first-order chi connectivity index (χ1) is 14.3. The number of nitrogens with zero attached hydrogens (tertiary/aromatic N) is 3. The predicted octanol–water partition coefficient (Wildman–Crippen LogP) is 4.07. The number of thiazole rings is 1. The van der Waals surface area contributed by atoms with Gasteiger partial charge in [-0.25, -0.2) is 8.42 Å². The molecule has 2 heterocycles. The van der Waals surface area contributed by atoms with Crippen molar-refractivity contribution in [3.63, 3.8) is 0 Å². The summed E-state index contributed by atoms with van der Waals surface area (Å²) in [6.45, 7) is 0.566. The van der Waals surface area contributed by atoms with Crippen LogP contribution in [-0.2, 0) is 21.9 Å². The SMILES string of the molecule is Cn1c(=NC(=O)C2CCN(S(=O)(=O)c3ccc(Cl)cc3)CC2)sc2cc(Cl)ccc21. The number of amides is 1. The molecule has 1 aliphatic rings. The molecule has 0 saturated carbocycles. The Morgan fingerprint density at radius 3 is 2.37 bits per heavy atom. The molecule has 1 saturated heterocycles. The highest BCUT2D eigenvalue weighted by molar-refractivity contribution is 7.89. The van der Waals surface area contributed by atoms with E-state index in [1.807, 2.05) is 23.7 Å². The molecule has 4 rings (SSSR count). The molecule has 0 radical (unpaired) electrons. The van der Waals surface area contributed by atoms with E-state index in [9.17, 15) is 13.2 Å². The summed E-state index contributed by atoms with van der Waals surface area (Å²) in [5.74, 6) is -0.512. The maximum Gasteiger partial charge on any atom is 0.251 e. The molecule has 0 unspecified atom stereocenters. The second-order valence-electron chi connectivity index (χ2n) is 7.14. The smallest absolute Gasteiger partial charge is 0.251 e. The topological polar surface area (TPSA) is 71.7 Å². The Hall–Kier alpha value is -1.71. The van der Waals surface area contributed by atoms with Gasteiger partial charge in [-0.2, -0.15) is 9.30 Å². The summed E-state index contributed by atoms with van der Waals surface area (Å²) in [6.07, 6.45) is 0.880. The van der Waals surface area contributed by atoms with Crippen LogP contribution in [0.1, 0.15) is 12.8 Å². The van der Waals surface area contributed by atoms with Gasteiger partial charge >= 0.3 is 0 Å². The van der Waals surface area contributed by atoms with Crippen molar-refractivity contribution in [2.24, 2.45) is 18.0 Å². The predicted molar refractivity (Wildman–Crippen MR) is 119 cm³/mol. The zero-order valence-corrected chi connectivity index (χ0v) is 19.2. The van der Waals surface area contributed by atoms with Gasteiger partial charge in [-0.3, -0.25) is 4.79 Å². The minimum Gasteiger partial charge on any atom is -0.319 e. The average molecular weight is 484 g/mol. The van der Waals surface area contributed by atoms with Crippen LogP contribution in [0.25, 0.3) is 10.2 Å². The quantitative estimate of drug-likeness (QED) is 0.563. The number of hydrogen-bond acceptors (Lipinski definition) is 4. The number of aryl methyl sites for hydroxylation is 1. The summed E-state index contributed by atoms with van der Waals surface area (Å²) in [5, 5.41) is 1.12. The lowest BCUT2D eigenvalue weighted by Gasteiger charge is -2.29. The van der Waals surface area contributed by atoms with Crippen molar-refractivity contribution >= 4 is 60.7 Å². The van der Waals surface area contributed by atoms with E-state index in [1.54, 1.807) is 18.2 Å². The molecule has 3 aromatic rings. The van der Waals surface area contributed by atoms with Crippen LogP contribution in [0.15, 0.2) is 52.4 Å². The summed E-state index contributed by atoms with van der Waals surface area (Å²) in [7, 11) is -1.74. The molecule has 0 bridgehead atoms. The molecule has 0 N–H and O–H groups in total. The first-order valence-corrected chi connectivity index (χ1v) is 12.4. The number of piperidine rings is 1. The van der Waals surface area contributed by atoms with Crippen molar-refractivity contribution in [2.45, 2.75) is 17.7 Å². The number of carbonyl (C=O) groups excluding carboxylic acids is 1. The standard InChI is InChI=1S/C20H19Cl2N3O3S2/c1-24-17-7-4-15(22)12-18(17)29-20(24)23-19(26)13-8-10-25(11-9-13)30(27,28)16-5-2-14(21)3-6-16/h2-7,12-13H,8-11H2,1H3. The maximum atomic E-state index is 12.8. The number of sulfonamides is 1. The molecule has 30 heavy (non-hydrogen) atoms. The Kier molecular flexibility index (Phi) is 6.05. The molecule has 158 valence electrons. The third-order valence-corrected chi connectivity index (χ3v) is 8.73. The summed E-state index contributed by atoms with van der Waals surface area (Å²) in [6, 6.07) is 11.7. The van der Waals surface area contributed by atoms with Crippen molar-refractivity contribution in [3.05, 3.63) is 57.3 Å². The fourth-order valence-electron chi connectivity index (χ4n) is 3.50. The van der Waals surface area contributed by atoms with E-state index < -0.39 is 10.0 Å². The second-order valence-corrected chi connectivity index (χ2v) is 11.0. The zero-order valence-electron chi connectivity index (χ0n) is 16.1. The van der Waals surface area contributed by atoms with Gasteiger partial charge in [0.05, 0.1) is 15.1 Å². The highest BCUT2D eigenvalue weighted by Crippen LogP contribution is 2.26. The normalized spacial score (nSPS) is 17.0. The van der Waals surface area contributed by atoms with Crippen molar-refractivity contribution in [1.82, 2.24) is 8.87 Å². The molecule has 1 fully saturated rings. The highest BCUT2D eigenvalue weighted by Gasteiger charge is 2.32. The van der Waals surface area contributed by atoms with Crippen molar-refractivity contribution in [3.8, 4) is 0 Å². The minimum atomic E-state index is -3.60. The van der Waals surface area contributed by atoms with Gasteiger partial charge in [0.2, 0.25) is 10.0 Å². The van der Waals surface area contributed by atoms with Crippen LogP contribution >= 0.6 is 34.5 Å². The van der Waals surface area contributed by atoms with Crippen LogP contribution < -0.4 is 4.80 Å². The molecule has 1 aliphatic heterocycles. The van der Waals surface area contributed by atoms with Crippen LogP contribution in [0.3, 0.4) is 0 Å². The van der Waals surface area contributed by atoms with Gasteiger partial charge in [0.1, 0.15) is 0 Å². The van der Waals surface area contributed by atoms with Gasteiger partial charge in [0, 0.05) is 36.1 Å². The molecule has 10 heteroatoms. The molecule has 0 atom stereocenters. The van der Waals surface area contributed by atoms with Gasteiger partial charge in [0.25, 0.3) is 5.91 Å². The molecule has 1 amide bonds. The van der Waals surface area contributed by atoms with Crippen molar-refractivity contribution < 1.29 is 13.2 Å².